The molecule has 0 amide bonds. The van der Waals surface area contributed by atoms with Crippen molar-refractivity contribution < 1.29 is 5.11 Å². The van der Waals surface area contributed by atoms with E-state index in [9.17, 15) is 5.11 Å². The molecule has 2 N–H and O–H groups in total. The average Bonchev–Trinajstić information content (AvgIpc) is 2.48. The number of anilines is 1. The summed E-state index contributed by atoms with van der Waals surface area (Å²) in [6, 6.07) is 6.60. The van der Waals surface area contributed by atoms with Crippen molar-refractivity contribution in [1.29, 1.82) is 0 Å². The summed E-state index contributed by atoms with van der Waals surface area (Å²) >= 11 is 6.19. The molecular weight excluding hydrogens is 272 g/mol. The Balaban J connectivity index is 2.28. The molecule has 4 heteroatoms. The number of halogens is 1. The van der Waals surface area contributed by atoms with Gasteiger partial charge in [0.1, 0.15) is 0 Å². The van der Waals surface area contributed by atoms with Gasteiger partial charge in [-0.15, -0.1) is 0 Å². The van der Waals surface area contributed by atoms with E-state index in [0.717, 1.165) is 11.6 Å². The van der Waals surface area contributed by atoms with E-state index in [-0.39, 0.29) is 6.61 Å². The number of benzene rings is 1. The Labute approximate surface area is 126 Å². The Kier molecular flexibility index (Phi) is 6.14. The lowest BCUT2D eigenvalue weighted by Crippen LogP contribution is -2.39. The molecule has 20 heavy (non-hydrogen) atoms. The average molecular weight is 297 g/mol. The van der Waals surface area contributed by atoms with Crippen LogP contribution in [-0.2, 0) is 6.54 Å². The van der Waals surface area contributed by atoms with Crippen LogP contribution in [0.2, 0.25) is 5.02 Å². The van der Waals surface area contributed by atoms with Crippen LogP contribution in [-0.4, -0.2) is 31.3 Å². The van der Waals surface area contributed by atoms with Crippen LogP contribution in [0.15, 0.2) is 18.2 Å². The highest BCUT2D eigenvalue weighted by molar-refractivity contribution is 6.30. The number of aliphatic hydroxyl groups excluding tert-OH is 1. The van der Waals surface area contributed by atoms with E-state index in [0.29, 0.717) is 12.6 Å². The van der Waals surface area contributed by atoms with Crippen molar-refractivity contribution in [3.05, 3.63) is 28.8 Å². The number of rotatable bonds is 6. The van der Waals surface area contributed by atoms with Gasteiger partial charge in [-0.2, -0.15) is 0 Å². The van der Waals surface area contributed by atoms with Gasteiger partial charge in [0, 0.05) is 29.8 Å². The molecule has 1 aliphatic rings. The smallest absolute Gasteiger partial charge is 0.0606 e. The second kappa shape index (κ2) is 7.87. The number of nitrogens with one attached hydrogen (secondary N) is 1. The molecule has 1 aromatic rings. The standard InChI is InChI=1S/C16H25ClN2O/c1-18-12-13-7-8-14(17)11-16(13)19(9-10-20)15-5-3-2-4-6-15/h7-8,11,15,18,20H,2-6,9-10,12H2,1H3. The van der Waals surface area contributed by atoms with Gasteiger partial charge in [0.25, 0.3) is 0 Å². The largest absolute Gasteiger partial charge is 0.395 e. The lowest BCUT2D eigenvalue weighted by molar-refractivity contribution is 0.290. The van der Waals surface area contributed by atoms with E-state index in [1.807, 2.05) is 19.2 Å². The molecule has 1 fully saturated rings. The van der Waals surface area contributed by atoms with Crippen molar-refractivity contribution in [1.82, 2.24) is 5.32 Å². The van der Waals surface area contributed by atoms with Crippen molar-refractivity contribution in [2.75, 3.05) is 25.1 Å². The zero-order valence-electron chi connectivity index (χ0n) is 12.2. The molecule has 1 aliphatic carbocycles. The van der Waals surface area contributed by atoms with Crippen LogP contribution in [0.25, 0.3) is 0 Å². The van der Waals surface area contributed by atoms with Gasteiger partial charge in [0.05, 0.1) is 6.61 Å². The van der Waals surface area contributed by atoms with E-state index in [2.05, 4.69) is 16.3 Å². The molecule has 0 aliphatic heterocycles. The van der Waals surface area contributed by atoms with Gasteiger partial charge >= 0.3 is 0 Å². The van der Waals surface area contributed by atoms with E-state index < -0.39 is 0 Å². The third-order valence-corrected chi connectivity index (χ3v) is 4.32. The quantitative estimate of drug-likeness (QED) is 0.846. The number of hydrogen-bond acceptors (Lipinski definition) is 3. The molecule has 2 rings (SSSR count). The van der Waals surface area contributed by atoms with E-state index in [4.69, 9.17) is 11.6 Å². The molecule has 0 atom stereocenters. The minimum Gasteiger partial charge on any atom is -0.395 e. The normalized spacial score (nSPS) is 16.4. The molecule has 3 nitrogen and oxygen atoms in total. The molecule has 0 bridgehead atoms. The second-order valence-electron chi connectivity index (χ2n) is 5.51. The molecule has 0 heterocycles. The Morgan fingerprint density at radius 1 is 1.30 bits per heavy atom. The van der Waals surface area contributed by atoms with Crippen molar-refractivity contribution in [3.63, 3.8) is 0 Å². The first-order valence-electron chi connectivity index (χ1n) is 7.56. The van der Waals surface area contributed by atoms with Gasteiger partial charge in [0.15, 0.2) is 0 Å². The van der Waals surface area contributed by atoms with Crippen molar-refractivity contribution in [2.24, 2.45) is 0 Å². The fourth-order valence-corrected chi connectivity index (χ4v) is 3.31. The predicted octanol–water partition coefficient (Wildman–Crippen LogP) is 3.19. The minimum atomic E-state index is 0.183. The van der Waals surface area contributed by atoms with Gasteiger partial charge in [-0.1, -0.05) is 36.9 Å². The van der Waals surface area contributed by atoms with Crippen LogP contribution < -0.4 is 10.2 Å². The highest BCUT2D eigenvalue weighted by Gasteiger charge is 2.23. The Hall–Kier alpha value is -0.770. The molecule has 0 radical (unpaired) electrons. The zero-order chi connectivity index (χ0) is 14.4. The van der Waals surface area contributed by atoms with E-state index >= 15 is 0 Å². The number of hydrogen-bond donors (Lipinski definition) is 2. The summed E-state index contributed by atoms with van der Waals surface area (Å²) in [4.78, 5) is 2.36. The molecule has 1 saturated carbocycles. The summed E-state index contributed by atoms with van der Waals surface area (Å²) < 4.78 is 0. The molecule has 1 aromatic carbocycles. The molecule has 0 saturated heterocycles. The highest BCUT2D eigenvalue weighted by atomic mass is 35.5. The molecule has 0 spiro atoms. The minimum absolute atomic E-state index is 0.183. The monoisotopic (exact) mass is 296 g/mol. The maximum absolute atomic E-state index is 9.43. The van der Waals surface area contributed by atoms with Crippen LogP contribution in [0.4, 0.5) is 5.69 Å². The first kappa shape index (κ1) is 15.6. The van der Waals surface area contributed by atoms with Gasteiger partial charge in [-0.3, -0.25) is 0 Å². The summed E-state index contributed by atoms with van der Waals surface area (Å²) in [5.74, 6) is 0. The first-order chi connectivity index (χ1) is 9.76. The predicted molar refractivity (Wildman–Crippen MR) is 85.5 cm³/mol. The lowest BCUT2D eigenvalue weighted by Gasteiger charge is -2.37. The van der Waals surface area contributed by atoms with Gasteiger partial charge in [-0.05, 0) is 37.6 Å². The third-order valence-electron chi connectivity index (χ3n) is 4.08. The van der Waals surface area contributed by atoms with Gasteiger partial charge in [0.2, 0.25) is 0 Å². The molecular formula is C16H25ClN2O. The zero-order valence-corrected chi connectivity index (χ0v) is 13.0. The maximum atomic E-state index is 9.43. The maximum Gasteiger partial charge on any atom is 0.0606 e. The van der Waals surface area contributed by atoms with E-state index in [1.165, 1.54) is 43.4 Å². The topological polar surface area (TPSA) is 35.5 Å². The number of nitrogens with zero attached hydrogens (tertiary/aromatic N) is 1. The fraction of sp³-hybridized carbons (Fsp3) is 0.625. The summed E-state index contributed by atoms with van der Waals surface area (Å²) in [5, 5.41) is 13.4. The summed E-state index contributed by atoms with van der Waals surface area (Å²) in [6.07, 6.45) is 6.34. The first-order valence-corrected chi connectivity index (χ1v) is 7.94. The highest BCUT2D eigenvalue weighted by Crippen LogP contribution is 2.31. The van der Waals surface area contributed by atoms with Crippen molar-refractivity contribution >= 4 is 17.3 Å². The fourth-order valence-electron chi connectivity index (χ4n) is 3.14. The van der Waals surface area contributed by atoms with Crippen LogP contribution in [0.3, 0.4) is 0 Å². The van der Waals surface area contributed by atoms with Crippen LogP contribution in [0, 0.1) is 0 Å². The van der Waals surface area contributed by atoms with Gasteiger partial charge in [-0.25, -0.2) is 0 Å². The summed E-state index contributed by atoms with van der Waals surface area (Å²) in [6.45, 7) is 1.69. The molecule has 0 aromatic heterocycles. The van der Waals surface area contributed by atoms with Crippen LogP contribution in [0.5, 0.6) is 0 Å². The second-order valence-corrected chi connectivity index (χ2v) is 5.95. The van der Waals surface area contributed by atoms with Crippen LogP contribution >= 0.6 is 11.6 Å². The summed E-state index contributed by atoms with van der Waals surface area (Å²) in [7, 11) is 1.95. The Bertz CT molecular complexity index is 419. The van der Waals surface area contributed by atoms with Gasteiger partial charge < -0.3 is 15.3 Å². The SMILES string of the molecule is CNCc1ccc(Cl)cc1N(CCO)C1CCCCC1. The molecule has 0 unspecified atom stereocenters. The Morgan fingerprint density at radius 2 is 2.05 bits per heavy atom. The third kappa shape index (κ3) is 3.87. The lowest BCUT2D eigenvalue weighted by atomic mass is 9.93. The number of aliphatic hydroxyl groups is 1. The summed E-state index contributed by atoms with van der Waals surface area (Å²) in [5.41, 5.74) is 2.42. The molecule has 112 valence electrons. The van der Waals surface area contributed by atoms with Crippen molar-refractivity contribution in [3.8, 4) is 0 Å². The Morgan fingerprint density at radius 3 is 2.70 bits per heavy atom. The van der Waals surface area contributed by atoms with E-state index in [1.54, 1.807) is 0 Å². The van der Waals surface area contributed by atoms with Crippen LogP contribution in [0.1, 0.15) is 37.7 Å². The van der Waals surface area contributed by atoms with Crippen molar-refractivity contribution in [2.45, 2.75) is 44.7 Å².